The Kier molecular flexibility index (Phi) is 4.77. The zero-order valence-electron chi connectivity index (χ0n) is 9.82. The van der Waals surface area contributed by atoms with Crippen LogP contribution in [0, 0.1) is 11.3 Å². The first kappa shape index (κ1) is 13.1. The van der Waals surface area contributed by atoms with Crippen LogP contribution in [0.2, 0.25) is 5.02 Å². The van der Waals surface area contributed by atoms with Gasteiger partial charge in [0.2, 0.25) is 0 Å². The average Bonchev–Trinajstić information content (AvgIpc) is 2.85. The molecule has 0 aliphatic carbocycles. The van der Waals surface area contributed by atoms with Gasteiger partial charge in [-0.15, -0.1) is 11.3 Å². The summed E-state index contributed by atoms with van der Waals surface area (Å²) in [6, 6.07) is 13.9. The van der Waals surface area contributed by atoms with Gasteiger partial charge < -0.3 is 5.32 Å². The lowest BCUT2D eigenvalue weighted by atomic mass is 10.1. The molecular weight excluding hydrogens is 264 g/mol. The quantitative estimate of drug-likeness (QED) is 0.847. The van der Waals surface area contributed by atoms with E-state index in [-0.39, 0.29) is 0 Å². The molecular formula is C14H13ClN2S. The highest BCUT2D eigenvalue weighted by Crippen LogP contribution is 2.14. The number of nitrogens with one attached hydrogen (secondary N) is 1. The Morgan fingerprint density at radius 3 is 2.61 bits per heavy atom. The molecule has 18 heavy (non-hydrogen) atoms. The lowest BCUT2D eigenvalue weighted by molar-refractivity contribution is 0.693. The van der Waals surface area contributed by atoms with Gasteiger partial charge in [0.15, 0.2) is 0 Å². The molecule has 2 rings (SSSR count). The second-order valence-electron chi connectivity index (χ2n) is 3.93. The average molecular weight is 277 g/mol. The van der Waals surface area contributed by atoms with Gasteiger partial charge in [0.05, 0.1) is 0 Å². The number of hydrogen-bond acceptors (Lipinski definition) is 3. The highest BCUT2D eigenvalue weighted by Gasteiger charge is 1.99. The number of nitrogens with zero attached hydrogens (tertiary/aromatic N) is 1. The Morgan fingerprint density at radius 1 is 1.17 bits per heavy atom. The Bertz CT molecular complexity index is 540. The van der Waals surface area contributed by atoms with E-state index < -0.39 is 0 Å². The van der Waals surface area contributed by atoms with Gasteiger partial charge in [-0.2, -0.15) is 5.26 Å². The predicted octanol–water partition coefficient (Wildman–Crippen LogP) is 3.61. The van der Waals surface area contributed by atoms with Gasteiger partial charge in [-0.05, 0) is 42.8 Å². The lowest BCUT2D eigenvalue weighted by Gasteiger charge is -2.03. The number of benzene rings is 1. The van der Waals surface area contributed by atoms with Crippen LogP contribution in [-0.4, -0.2) is 6.54 Å². The van der Waals surface area contributed by atoms with Crippen molar-refractivity contribution in [2.75, 3.05) is 6.54 Å². The van der Waals surface area contributed by atoms with E-state index in [1.54, 1.807) is 11.3 Å². The molecule has 92 valence electrons. The van der Waals surface area contributed by atoms with Crippen LogP contribution in [0.25, 0.3) is 0 Å². The Hall–Kier alpha value is -1.34. The van der Waals surface area contributed by atoms with E-state index in [1.165, 1.54) is 10.4 Å². The van der Waals surface area contributed by atoms with E-state index in [0.717, 1.165) is 29.4 Å². The third-order valence-corrected chi connectivity index (χ3v) is 3.82. The van der Waals surface area contributed by atoms with E-state index in [2.05, 4.69) is 11.4 Å². The van der Waals surface area contributed by atoms with Crippen molar-refractivity contribution in [2.24, 2.45) is 0 Å². The summed E-state index contributed by atoms with van der Waals surface area (Å²) in [5, 5.41) is 12.9. The third kappa shape index (κ3) is 3.85. The van der Waals surface area contributed by atoms with Crippen molar-refractivity contribution in [3.63, 3.8) is 0 Å². The van der Waals surface area contributed by atoms with Crippen molar-refractivity contribution in [1.82, 2.24) is 5.32 Å². The molecule has 0 aliphatic heterocycles. The minimum Gasteiger partial charge on any atom is -0.312 e. The molecule has 1 aromatic heterocycles. The SMILES string of the molecule is N#Cc1ccc(CNCCc2ccc(Cl)cc2)s1. The summed E-state index contributed by atoms with van der Waals surface area (Å²) in [5.41, 5.74) is 1.27. The Labute approximate surface area is 116 Å². The van der Waals surface area contributed by atoms with Crippen molar-refractivity contribution in [3.8, 4) is 6.07 Å². The van der Waals surface area contributed by atoms with Crippen LogP contribution in [0.15, 0.2) is 36.4 Å². The summed E-state index contributed by atoms with van der Waals surface area (Å²) < 4.78 is 0. The Balaban J connectivity index is 1.73. The number of rotatable bonds is 5. The van der Waals surface area contributed by atoms with Gasteiger partial charge in [0, 0.05) is 16.4 Å². The van der Waals surface area contributed by atoms with E-state index in [4.69, 9.17) is 16.9 Å². The first-order valence-corrected chi connectivity index (χ1v) is 6.91. The molecule has 0 spiro atoms. The van der Waals surface area contributed by atoms with E-state index in [0.29, 0.717) is 0 Å². The summed E-state index contributed by atoms with van der Waals surface area (Å²) in [5.74, 6) is 0. The second kappa shape index (κ2) is 6.55. The molecule has 0 saturated heterocycles. The normalized spacial score (nSPS) is 10.2. The molecule has 0 radical (unpaired) electrons. The van der Waals surface area contributed by atoms with E-state index in [1.807, 2.05) is 36.4 Å². The van der Waals surface area contributed by atoms with Crippen LogP contribution in [-0.2, 0) is 13.0 Å². The Morgan fingerprint density at radius 2 is 1.94 bits per heavy atom. The zero-order valence-corrected chi connectivity index (χ0v) is 11.4. The largest absolute Gasteiger partial charge is 0.312 e. The maximum atomic E-state index is 8.72. The van der Waals surface area contributed by atoms with Crippen molar-refractivity contribution in [3.05, 3.63) is 56.7 Å². The molecule has 2 nitrogen and oxygen atoms in total. The minimum absolute atomic E-state index is 0.768. The number of thiophene rings is 1. The first-order valence-electron chi connectivity index (χ1n) is 5.72. The summed E-state index contributed by atoms with van der Waals surface area (Å²) in [6.07, 6.45) is 0.980. The molecule has 1 N–H and O–H groups in total. The molecule has 0 aliphatic rings. The van der Waals surface area contributed by atoms with Crippen LogP contribution < -0.4 is 5.32 Å². The smallest absolute Gasteiger partial charge is 0.110 e. The maximum absolute atomic E-state index is 8.72. The zero-order chi connectivity index (χ0) is 12.8. The first-order chi connectivity index (χ1) is 8.78. The molecule has 0 bridgehead atoms. The molecule has 4 heteroatoms. The summed E-state index contributed by atoms with van der Waals surface area (Å²) in [6.45, 7) is 1.74. The summed E-state index contributed by atoms with van der Waals surface area (Å²) in [4.78, 5) is 1.96. The van der Waals surface area contributed by atoms with Gasteiger partial charge in [-0.25, -0.2) is 0 Å². The maximum Gasteiger partial charge on any atom is 0.110 e. The van der Waals surface area contributed by atoms with Crippen molar-refractivity contribution in [2.45, 2.75) is 13.0 Å². The highest BCUT2D eigenvalue weighted by molar-refractivity contribution is 7.12. The van der Waals surface area contributed by atoms with E-state index in [9.17, 15) is 0 Å². The van der Waals surface area contributed by atoms with Crippen LogP contribution in [0.5, 0.6) is 0 Å². The van der Waals surface area contributed by atoms with Gasteiger partial charge >= 0.3 is 0 Å². The fraction of sp³-hybridized carbons (Fsp3) is 0.214. The van der Waals surface area contributed by atoms with Gasteiger partial charge in [0.25, 0.3) is 0 Å². The number of halogens is 1. The molecule has 1 heterocycles. The molecule has 2 aromatic rings. The van der Waals surface area contributed by atoms with Crippen LogP contribution >= 0.6 is 22.9 Å². The van der Waals surface area contributed by atoms with Crippen LogP contribution in [0.4, 0.5) is 0 Å². The summed E-state index contributed by atoms with van der Waals surface area (Å²) >= 11 is 7.37. The third-order valence-electron chi connectivity index (χ3n) is 2.57. The van der Waals surface area contributed by atoms with Crippen molar-refractivity contribution >= 4 is 22.9 Å². The second-order valence-corrected chi connectivity index (χ2v) is 5.54. The highest BCUT2D eigenvalue weighted by atomic mass is 35.5. The molecule has 0 saturated carbocycles. The molecule has 0 unspecified atom stereocenters. The fourth-order valence-corrected chi connectivity index (χ4v) is 2.53. The predicted molar refractivity (Wildman–Crippen MR) is 75.9 cm³/mol. The number of nitriles is 1. The summed E-state index contributed by atoms with van der Waals surface area (Å²) in [7, 11) is 0. The fourth-order valence-electron chi connectivity index (χ4n) is 1.63. The molecule has 0 fully saturated rings. The standard InChI is InChI=1S/C14H13ClN2S/c15-12-3-1-11(2-4-12)7-8-17-10-14-6-5-13(9-16)18-14/h1-6,17H,7-8,10H2. The molecule has 0 amide bonds. The van der Waals surface area contributed by atoms with Crippen LogP contribution in [0.1, 0.15) is 15.3 Å². The van der Waals surface area contributed by atoms with E-state index >= 15 is 0 Å². The lowest BCUT2D eigenvalue weighted by Crippen LogP contribution is -2.15. The monoisotopic (exact) mass is 276 g/mol. The van der Waals surface area contributed by atoms with Gasteiger partial charge in [0.1, 0.15) is 10.9 Å². The molecule has 0 atom stereocenters. The van der Waals surface area contributed by atoms with Crippen molar-refractivity contribution < 1.29 is 0 Å². The van der Waals surface area contributed by atoms with Gasteiger partial charge in [-0.3, -0.25) is 0 Å². The van der Waals surface area contributed by atoms with Crippen LogP contribution in [0.3, 0.4) is 0 Å². The minimum atomic E-state index is 0.768. The van der Waals surface area contributed by atoms with Gasteiger partial charge in [-0.1, -0.05) is 23.7 Å². The topological polar surface area (TPSA) is 35.8 Å². The van der Waals surface area contributed by atoms with Crippen molar-refractivity contribution in [1.29, 1.82) is 5.26 Å². The number of hydrogen-bond donors (Lipinski definition) is 1. The molecule has 1 aromatic carbocycles.